The summed E-state index contributed by atoms with van der Waals surface area (Å²) in [4.78, 5) is 15.2. The number of carbonyl (C=O) groups excluding carboxylic acids is 1. The number of aryl methyl sites for hydroxylation is 1. The van der Waals surface area contributed by atoms with Crippen LogP contribution in [0.15, 0.2) is 35.2 Å². The Balaban J connectivity index is 2.17. The van der Waals surface area contributed by atoms with Crippen LogP contribution in [0.3, 0.4) is 0 Å². The maximum Gasteiger partial charge on any atom is 0.227 e. The summed E-state index contributed by atoms with van der Waals surface area (Å²) in [5.74, 6) is 1.24. The number of carbonyl (C=O) groups is 1. The van der Waals surface area contributed by atoms with Gasteiger partial charge in [0.25, 0.3) is 0 Å². The Morgan fingerprint density at radius 1 is 1.45 bits per heavy atom. The van der Waals surface area contributed by atoms with Gasteiger partial charge in [-0.15, -0.1) is 11.8 Å². The standard InChI is InChI=1S/C16H22N2OS/c1-12(2)11-18-15-6-5-14(20-9-3-8-17)10-13(15)4-7-16(18)19/h5-6,10H,1,3-4,7-9,11,17H2,2H3. The van der Waals surface area contributed by atoms with Crippen LogP contribution in [0.5, 0.6) is 0 Å². The molecule has 1 aromatic carbocycles. The number of rotatable bonds is 6. The topological polar surface area (TPSA) is 46.3 Å². The molecule has 4 heteroatoms. The number of hydrogen-bond acceptors (Lipinski definition) is 3. The number of nitrogens with two attached hydrogens (primary N) is 1. The molecule has 0 bridgehead atoms. The molecule has 0 aromatic heterocycles. The first-order valence-electron chi connectivity index (χ1n) is 7.02. The third kappa shape index (κ3) is 3.64. The first kappa shape index (κ1) is 15.1. The van der Waals surface area contributed by atoms with Gasteiger partial charge in [0, 0.05) is 23.5 Å². The quantitative estimate of drug-likeness (QED) is 0.498. The second kappa shape index (κ2) is 6.95. The second-order valence-corrected chi connectivity index (χ2v) is 6.39. The number of amides is 1. The lowest BCUT2D eigenvalue weighted by Gasteiger charge is -2.30. The van der Waals surface area contributed by atoms with Gasteiger partial charge < -0.3 is 10.6 Å². The molecule has 0 radical (unpaired) electrons. The van der Waals surface area contributed by atoms with Gasteiger partial charge in [-0.2, -0.15) is 0 Å². The van der Waals surface area contributed by atoms with Crippen molar-refractivity contribution in [2.45, 2.75) is 31.1 Å². The Morgan fingerprint density at radius 3 is 2.95 bits per heavy atom. The maximum absolute atomic E-state index is 12.1. The van der Waals surface area contributed by atoms with Crippen molar-refractivity contribution in [3.8, 4) is 0 Å². The average molecular weight is 290 g/mol. The number of fused-ring (bicyclic) bond motifs is 1. The van der Waals surface area contributed by atoms with E-state index in [0.29, 0.717) is 13.0 Å². The van der Waals surface area contributed by atoms with E-state index in [4.69, 9.17) is 5.73 Å². The van der Waals surface area contributed by atoms with Gasteiger partial charge in [-0.25, -0.2) is 0 Å². The van der Waals surface area contributed by atoms with Crippen molar-refractivity contribution < 1.29 is 4.79 Å². The van der Waals surface area contributed by atoms with Crippen molar-refractivity contribution in [1.29, 1.82) is 0 Å². The summed E-state index contributed by atoms with van der Waals surface area (Å²) in [6.07, 6.45) is 2.46. The molecule has 20 heavy (non-hydrogen) atoms. The van der Waals surface area contributed by atoms with Crippen LogP contribution in [0, 0.1) is 0 Å². The fraction of sp³-hybridized carbons (Fsp3) is 0.438. The van der Waals surface area contributed by atoms with Crippen molar-refractivity contribution in [2.24, 2.45) is 5.73 Å². The molecule has 3 nitrogen and oxygen atoms in total. The fourth-order valence-corrected chi connectivity index (χ4v) is 3.28. The highest BCUT2D eigenvalue weighted by Crippen LogP contribution is 2.32. The molecular formula is C16H22N2OS. The van der Waals surface area contributed by atoms with Gasteiger partial charge >= 0.3 is 0 Å². The lowest BCUT2D eigenvalue weighted by Crippen LogP contribution is -2.36. The van der Waals surface area contributed by atoms with Crippen molar-refractivity contribution in [1.82, 2.24) is 0 Å². The summed E-state index contributed by atoms with van der Waals surface area (Å²) in [6, 6.07) is 6.39. The van der Waals surface area contributed by atoms with Crippen LogP contribution in [0.4, 0.5) is 5.69 Å². The number of benzene rings is 1. The van der Waals surface area contributed by atoms with Crippen molar-refractivity contribution in [3.05, 3.63) is 35.9 Å². The molecule has 0 saturated carbocycles. The van der Waals surface area contributed by atoms with E-state index >= 15 is 0 Å². The lowest BCUT2D eigenvalue weighted by molar-refractivity contribution is -0.118. The van der Waals surface area contributed by atoms with E-state index in [-0.39, 0.29) is 5.91 Å². The van der Waals surface area contributed by atoms with Crippen LogP contribution in [0.2, 0.25) is 0 Å². The Hall–Kier alpha value is -1.26. The van der Waals surface area contributed by atoms with E-state index in [1.54, 1.807) is 0 Å². The molecule has 1 aliphatic rings. The molecule has 1 aliphatic heterocycles. The minimum Gasteiger partial charge on any atom is -0.330 e. The van der Waals surface area contributed by atoms with Gasteiger partial charge in [-0.05, 0) is 55.8 Å². The first-order valence-corrected chi connectivity index (χ1v) is 8.01. The summed E-state index contributed by atoms with van der Waals surface area (Å²) >= 11 is 1.83. The van der Waals surface area contributed by atoms with Gasteiger partial charge in [0.05, 0.1) is 0 Å². The van der Waals surface area contributed by atoms with Crippen molar-refractivity contribution >= 4 is 23.4 Å². The summed E-state index contributed by atoms with van der Waals surface area (Å²) in [5, 5.41) is 0. The third-order valence-corrected chi connectivity index (χ3v) is 4.38. The molecule has 0 aliphatic carbocycles. The summed E-state index contributed by atoms with van der Waals surface area (Å²) in [7, 11) is 0. The van der Waals surface area contributed by atoms with Crippen molar-refractivity contribution in [3.63, 3.8) is 0 Å². The highest BCUT2D eigenvalue weighted by molar-refractivity contribution is 7.99. The second-order valence-electron chi connectivity index (χ2n) is 5.22. The van der Waals surface area contributed by atoms with Gasteiger partial charge in [0.1, 0.15) is 0 Å². The van der Waals surface area contributed by atoms with Gasteiger partial charge in [-0.1, -0.05) is 12.2 Å². The molecule has 0 spiro atoms. The zero-order valence-corrected chi connectivity index (χ0v) is 12.8. The minimum atomic E-state index is 0.198. The van der Waals surface area contributed by atoms with Gasteiger partial charge in [0.2, 0.25) is 5.91 Å². The monoisotopic (exact) mass is 290 g/mol. The smallest absolute Gasteiger partial charge is 0.227 e. The van der Waals surface area contributed by atoms with E-state index < -0.39 is 0 Å². The summed E-state index contributed by atoms with van der Waals surface area (Å²) < 4.78 is 0. The molecular weight excluding hydrogens is 268 g/mol. The molecule has 108 valence electrons. The molecule has 0 atom stereocenters. The predicted octanol–water partition coefficient (Wildman–Crippen LogP) is 2.98. The van der Waals surface area contributed by atoms with Crippen LogP contribution in [0.25, 0.3) is 0 Å². The largest absolute Gasteiger partial charge is 0.330 e. The van der Waals surface area contributed by atoms with Crippen molar-refractivity contribution in [2.75, 3.05) is 23.7 Å². The lowest BCUT2D eigenvalue weighted by atomic mass is 10.0. The molecule has 0 unspecified atom stereocenters. The first-order chi connectivity index (χ1) is 9.61. The molecule has 2 N–H and O–H groups in total. The highest BCUT2D eigenvalue weighted by atomic mass is 32.2. The molecule has 1 amide bonds. The Morgan fingerprint density at radius 2 is 2.25 bits per heavy atom. The zero-order chi connectivity index (χ0) is 14.5. The van der Waals surface area contributed by atoms with E-state index in [2.05, 4.69) is 24.8 Å². The molecule has 0 saturated heterocycles. The minimum absolute atomic E-state index is 0.198. The van der Waals surface area contributed by atoms with Crippen LogP contribution in [-0.4, -0.2) is 24.7 Å². The van der Waals surface area contributed by atoms with Crippen LogP contribution in [-0.2, 0) is 11.2 Å². The fourth-order valence-electron chi connectivity index (χ4n) is 2.34. The zero-order valence-electron chi connectivity index (χ0n) is 12.0. The number of hydrogen-bond donors (Lipinski definition) is 1. The van der Waals surface area contributed by atoms with Crippen LogP contribution in [0.1, 0.15) is 25.3 Å². The Kier molecular flexibility index (Phi) is 5.26. The number of nitrogens with zero attached hydrogens (tertiary/aromatic N) is 1. The van der Waals surface area contributed by atoms with E-state index in [9.17, 15) is 4.79 Å². The normalized spacial score (nSPS) is 14.3. The van der Waals surface area contributed by atoms with E-state index in [1.807, 2.05) is 23.6 Å². The SMILES string of the molecule is C=C(C)CN1C(=O)CCc2cc(SCCCN)ccc21. The van der Waals surface area contributed by atoms with Gasteiger partial charge in [-0.3, -0.25) is 4.79 Å². The highest BCUT2D eigenvalue weighted by Gasteiger charge is 2.23. The van der Waals surface area contributed by atoms with Gasteiger partial charge in [0.15, 0.2) is 0 Å². The Labute approximate surface area is 125 Å². The Bertz CT molecular complexity index is 513. The van der Waals surface area contributed by atoms with Crippen LogP contribution >= 0.6 is 11.8 Å². The van der Waals surface area contributed by atoms with Crippen LogP contribution < -0.4 is 10.6 Å². The summed E-state index contributed by atoms with van der Waals surface area (Å²) in [6.45, 7) is 7.22. The van der Waals surface area contributed by atoms with E-state index in [1.165, 1.54) is 10.5 Å². The molecule has 0 fully saturated rings. The molecule has 1 aromatic rings. The average Bonchev–Trinajstić information content (AvgIpc) is 2.42. The third-order valence-electron chi connectivity index (χ3n) is 3.30. The van der Waals surface area contributed by atoms with E-state index in [0.717, 1.165) is 36.4 Å². The molecule has 2 rings (SSSR count). The maximum atomic E-state index is 12.1. The number of anilines is 1. The number of thioether (sulfide) groups is 1. The molecule has 1 heterocycles. The predicted molar refractivity (Wildman–Crippen MR) is 86.3 cm³/mol. The summed E-state index contributed by atoms with van der Waals surface area (Å²) in [5.41, 5.74) is 8.84.